The molecule has 1 fully saturated rings. The van der Waals surface area contributed by atoms with Crippen molar-refractivity contribution >= 4 is 23.8 Å². The number of rotatable bonds is 6. The molecule has 0 saturated carbocycles. The van der Waals surface area contributed by atoms with E-state index in [9.17, 15) is 9.59 Å². The maximum Gasteiger partial charge on any atom is 0.317 e. The van der Waals surface area contributed by atoms with Gasteiger partial charge in [0, 0.05) is 24.4 Å². The largest absolute Gasteiger partial charge is 0.481 e. The first-order valence-corrected chi connectivity index (χ1v) is 8.06. The van der Waals surface area contributed by atoms with Crippen molar-refractivity contribution in [2.24, 2.45) is 0 Å². The van der Waals surface area contributed by atoms with Crippen LogP contribution in [0.5, 0.6) is 0 Å². The molecular formula is C13H24N2O3S. The molecule has 0 bridgehead atoms. The molecule has 1 rings (SSSR count). The lowest BCUT2D eigenvalue weighted by molar-refractivity contribution is -0.138. The zero-order valence-corrected chi connectivity index (χ0v) is 12.5. The number of amides is 2. The number of piperidine rings is 1. The molecule has 2 amide bonds. The van der Waals surface area contributed by atoms with Crippen molar-refractivity contribution in [3.8, 4) is 0 Å². The van der Waals surface area contributed by atoms with Gasteiger partial charge in [-0.2, -0.15) is 11.8 Å². The molecule has 1 aliphatic heterocycles. The van der Waals surface area contributed by atoms with E-state index < -0.39 is 5.97 Å². The van der Waals surface area contributed by atoms with Crippen LogP contribution in [0.4, 0.5) is 4.79 Å². The standard InChI is InChI=1S/C13H24N2O3S/c1-3-19-9-10(2)14-13(18)15-7-5-4-6-11(15)8-12(16)17/h10-11H,3-9H2,1-2H3,(H,14,18)(H,16,17). The van der Waals surface area contributed by atoms with Crippen molar-refractivity contribution in [2.45, 2.75) is 51.6 Å². The van der Waals surface area contributed by atoms with Gasteiger partial charge in [-0.15, -0.1) is 0 Å². The number of carboxylic acids is 1. The monoisotopic (exact) mass is 288 g/mol. The minimum atomic E-state index is -0.834. The number of nitrogens with zero attached hydrogens (tertiary/aromatic N) is 1. The summed E-state index contributed by atoms with van der Waals surface area (Å²) >= 11 is 1.79. The summed E-state index contributed by atoms with van der Waals surface area (Å²) in [5.74, 6) is 1.09. The molecule has 0 spiro atoms. The third kappa shape index (κ3) is 5.72. The average Bonchev–Trinajstić information content (AvgIpc) is 2.36. The Morgan fingerprint density at radius 3 is 2.84 bits per heavy atom. The number of hydrogen-bond donors (Lipinski definition) is 2. The second-order valence-corrected chi connectivity index (χ2v) is 6.27. The number of urea groups is 1. The minimum Gasteiger partial charge on any atom is -0.481 e. The summed E-state index contributed by atoms with van der Waals surface area (Å²) in [6.45, 7) is 4.74. The van der Waals surface area contributed by atoms with E-state index in [4.69, 9.17) is 5.11 Å². The fourth-order valence-electron chi connectivity index (χ4n) is 2.31. The molecule has 2 atom stereocenters. The van der Waals surface area contributed by atoms with E-state index >= 15 is 0 Å². The third-order valence-corrected chi connectivity index (χ3v) is 4.38. The highest BCUT2D eigenvalue weighted by Crippen LogP contribution is 2.20. The summed E-state index contributed by atoms with van der Waals surface area (Å²) in [4.78, 5) is 24.7. The van der Waals surface area contributed by atoms with Crippen LogP contribution in [0.25, 0.3) is 0 Å². The number of likely N-dealkylation sites (tertiary alicyclic amines) is 1. The van der Waals surface area contributed by atoms with Gasteiger partial charge in [0.05, 0.1) is 6.42 Å². The van der Waals surface area contributed by atoms with E-state index in [2.05, 4.69) is 12.2 Å². The minimum absolute atomic E-state index is 0.0471. The fourth-order valence-corrected chi connectivity index (χ4v) is 2.98. The van der Waals surface area contributed by atoms with Gasteiger partial charge in [-0.1, -0.05) is 6.92 Å². The van der Waals surface area contributed by atoms with Crippen LogP contribution in [0.3, 0.4) is 0 Å². The molecule has 0 aliphatic carbocycles. The summed E-state index contributed by atoms with van der Waals surface area (Å²) in [5.41, 5.74) is 0. The lowest BCUT2D eigenvalue weighted by Crippen LogP contribution is -2.51. The Labute approximate surface area is 119 Å². The summed E-state index contributed by atoms with van der Waals surface area (Å²) < 4.78 is 0. The maximum absolute atomic E-state index is 12.2. The number of nitrogens with one attached hydrogen (secondary N) is 1. The molecular weight excluding hydrogens is 264 g/mol. The zero-order chi connectivity index (χ0) is 14.3. The van der Waals surface area contributed by atoms with Gasteiger partial charge < -0.3 is 15.3 Å². The van der Waals surface area contributed by atoms with Crippen LogP contribution < -0.4 is 5.32 Å². The molecule has 6 heteroatoms. The van der Waals surface area contributed by atoms with Gasteiger partial charge in [0.15, 0.2) is 0 Å². The summed E-state index contributed by atoms with van der Waals surface area (Å²) in [6, 6.07) is -0.155. The maximum atomic E-state index is 12.2. The Balaban J connectivity index is 2.49. The van der Waals surface area contributed by atoms with E-state index in [0.29, 0.717) is 6.54 Å². The van der Waals surface area contributed by atoms with Gasteiger partial charge in [0.1, 0.15) is 0 Å². The van der Waals surface area contributed by atoms with Crippen molar-refractivity contribution in [3.63, 3.8) is 0 Å². The molecule has 1 aliphatic rings. The molecule has 0 aromatic rings. The predicted octanol–water partition coefficient (Wildman–Crippen LogP) is 2.17. The number of carbonyl (C=O) groups excluding carboxylic acids is 1. The van der Waals surface area contributed by atoms with Crippen molar-refractivity contribution in [1.29, 1.82) is 0 Å². The first-order valence-electron chi connectivity index (χ1n) is 6.91. The number of aliphatic carboxylic acids is 1. The van der Waals surface area contributed by atoms with Gasteiger partial charge in [0.25, 0.3) is 0 Å². The van der Waals surface area contributed by atoms with Gasteiger partial charge in [-0.3, -0.25) is 4.79 Å². The third-order valence-electron chi connectivity index (χ3n) is 3.24. The summed E-state index contributed by atoms with van der Waals surface area (Å²) in [7, 11) is 0. The molecule has 5 nitrogen and oxygen atoms in total. The van der Waals surface area contributed by atoms with Crippen LogP contribution in [-0.4, -0.2) is 52.1 Å². The Hall–Kier alpha value is -0.910. The SMILES string of the molecule is CCSCC(C)NC(=O)N1CCCCC1CC(=O)O. The number of hydrogen-bond acceptors (Lipinski definition) is 3. The average molecular weight is 288 g/mol. The highest BCUT2D eigenvalue weighted by atomic mass is 32.2. The highest BCUT2D eigenvalue weighted by Gasteiger charge is 2.28. The highest BCUT2D eigenvalue weighted by molar-refractivity contribution is 7.99. The molecule has 1 saturated heterocycles. The summed E-state index contributed by atoms with van der Waals surface area (Å²) in [6.07, 6.45) is 2.80. The van der Waals surface area contributed by atoms with Crippen molar-refractivity contribution < 1.29 is 14.7 Å². The number of carbonyl (C=O) groups is 2. The zero-order valence-electron chi connectivity index (χ0n) is 11.7. The van der Waals surface area contributed by atoms with E-state index in [0.717, 1.165) is 30.8 Å². The Morgan fingerprint density at radius 2 is 2.21 bits per heavy atom. The van der Waals surface area contributed by atoms with E-state index in [1.54, 1.807) is 16.7 Å². The molecule has 2 N–H and O–H groups in total. The van der Waals surface area contributed by atoms with Crippen LogP contribution in [-0.2, 0) is 4.79 Å². The normalized spacial score (nSPS) is 20.9. The lowest BCUT2D eigenvalue weighted by Gasteiger charge is -2.35. The number of carboxylic acid groups (broad SMARTS) is 1. The van der Waals surface area contributed by atoms with Crippen LogP contribution in [0.2, 0.25) is 0 Å². The molecule has 0 aromatic carbocycles. The smallest absolute Gasteiger partial charge is 0.317 e. The Kier molecular flexibility index (Phi) is 7.05. The van der Waals surface area contributed by atoms with Gasteiger partial charge in [-0.05, 0) is 31.9 Å². The molecule has 1 heterocycles. The molecule has 0 radical (unpaired) electrons. The van der Waals surface area contributed by atoms with E-state index in [1.807, 2.05) is 6.92 Å². The fraction of sp³-hybridized carbons (Fsp3) is 0.846. The molecule has 2 unspecified atom stereocenters. The lowest BCUT2D eigenvalue weighted by atomic mass is 10.00. The van der Waals surface area contributed by atoms with Crippen LogP contribution >= 0.6 is 11.8 Å². The van der Waals surface area contributed by atoms with Gasteiger partial charge >= 0.3 is 12.0 Å². The second-order valence-electron chi connectivity index (χ2n) is 4.95. The Bertz CT molecular complexity index is 312. The quantitative estimate of drug-likeness (QED) is 0.786. The van der Waals surface area contributed by atoms with E-state index in [1.165, 1.54) is 0 Å². The van der Waals surface area contributed by atoms with Gasteiger partial charge in [0.2, 0.25) is 0 Å². The first-order chi connectivity index (χ1) is 9.04. The predicted molar refractivity (Wildman–Crippen MR) is 77.6 cm³/mol. The van der Waals surface area contributed by atoms with Crippen molar-refractivity contribution in [3.05, 3.63) is 0 Å². The van der Waals surface area contributed by atoms with E-state index in [-0.39, 0.29) is 24.5 Å². The molecule has 19 heavy (non-hydrogen) atoms. The topological polar surface area (TPSA) is 69.6 Å². The van der Waals surface area contributed by atoms with Crippen LogP contribution in [0, 0.1) is 0 Å². The van der Waals surface area contributed by atoms with Crippen molar-refractivity contribution in [2.75, 3.05) is 18.1 Å². The first kappa shape index (κ1) is 16.1. The number of thioether (sulfide) groups is 1. The van der Waals surface area contributed by atoms with Crippen LogP contribution in [0.15, 0.2) is 0 Å². The van der Waals surface area contributed by atoms with Gasteiger partial charge in [-0.25, -0.2) is 4.79 Å². The molecule has 0 aromatic heterocycles. The molecule has 110 valence electrons. The Morgan fingerprint density at radius 1 is 1.47 bits per heavy atom. The van der Waals surface area contributed by atoms with Crippen molar-refractivity contribution in [1.82, 2.24) is 10.2 Å². The van der Waals surface area contributed by atoms with Crippen LogP contribution in [0.1, 0.15) is 39.5 Å². The second kappa shape index (κ2) is 8.30. The summed E-state index contributed by atoms with van der Waals surface area (Å²) in [5, 5.41) is 11.9.